The van der Waals surface area contributed by atoms with E-state index in [1.165, 1.54) is 0 Å². The van der Waals surface area contributed by atoms with Crippen LogP contribution in [0.2, 0.25) is 0 Å². The minimum atomic E-state index is -4.39. The number of phosphoric acid groups is 1. The van der Waals surface area contributed by atoms with Crippen LogP contribution in [0.3, 0.4) is 0 Å². The van der Waals surface area contributed by atoms with Crippen LogP contribution in [0.1, 0.15) is 48.1 Å². The van der Waals surface area contributed by atoms with Gasteiger partial charge in [-0.05, 0) is 54.7 Å². The number of phosphoric ester groups is 1. The molecule has 0 spiro atoms. The van der Waals surface area contributed by atoms with Gasteiger partial charge in [-0.25, -0.2) is 14.3 Å². The Bertz CT molecular complexity index is 1800. The third kappa shape index (κ3) is 4.67. The number of cyclic esters (lactones) is 1. The maximum atomic E-state index is 13.5. The second-order valence-electron chi connectivity index (χ2n) is 10.2. The summed E-state index contributed by atoms with van der Waals surface area (Å²) in [6.07, 6.45) is 1.12. The van der Waals surface area contributed by atoms with Gasteiger partial charge in [-0.2, -0.15) is 0 Å². The molecule has 1 unspecified atom stereocenters. The Morgan fingerprint density at radius 2 is 1.88 bits per heavy atom. The molecule has 212 valence electrons. The van der Waals surface area contributed by atoms with E-state index in [0.717, 1.165) is 22.1 Å². The summed E-state index contributed by atoms with van der Waals surface area (Å²) in [6.45, 7) is 3.72. The molecule has 10 nitrogen and oxygen atoms in total. The Kier molecular flexibility index (Phi) is 6.82. The summed E-state index contributed by atoms with van der Waals surface area (Å²) in [4.78, 5) is 41.1. The van der Waals surface area contributed by atoms with Crippen LogP contribution in [0.5, 0.6) is 5.75 Å². The first kappa shape index (κ1) is 27.4. The van der Waals surface area contributed by atoms with Crippen molar-refractivity contribution in [2.45, 2.75) is 51.9 Å². The molecular formula is C30H29N2O8P. The molecule has 2 N–H and O–H groups in total. The lowest BCUT2D eigenvalue weighted by atomic mass is 9.86. The van der Waals surface area contributed by atoms with Crippen LogP contribution in [0, 0.1) is 0 Å². The fourth-order valence-corrected chi connectivity index (χ4v) is 6.44. The predicted octanol–water partition coefficient (Wildman–Crippen LogP) is 4.38. The maximum absolute atomic E-state index is 13.5. The number of hydrogen-bond acceptors (Lipinski definition) is 8. The normalized spacial score (nSPS) is 18.8. The van der Waals surface area contributed by atoms with E-state index in [0.29, 0.717) is 29.7 Å². The highest BCUT2D eigenvalue weighted by Crippen LogP contribution is 2.45. The lowest BCUT2D eigenvalue weighted by molar-refractivity contribution is -0.172. The number of pyridine rings is 2. The number of hydrogen-bond donors (Lipinski definition) is 2. The van der Waals surface area contributed by atoms with E-state index in [9.17, 15) is 24.2 Å². The van der Waals surface area contributed by atoms with Crippen LogP contribution >= 0.6 is 7.82 Å². The Morgan fingerprint density at radius 1 is 1.10 bits per heavy atom. The second-order valence-corrected chi connectivity index (χ2v) is 11.6. The molecule has 4 heterocycles. The zero-order chi connectivity index (χ0) is 28.9. The molecule has 0 saturated carbocycles. The van der Waals surface area contributed by atoms with Gasteiger partial charge in [-0.3, -0.25) is 14.2 Å². The van der Waals surface area contributed by atoms with E-state index >= 15 is 0 Å². The summed E-state index contributed by atoms with van der Waals surface area (Å²) >= 11 is 0. The van der Waals surface area contributed by atoms with Crippen molar-refractivity contribution >= 4 is 24.7 Å². The highest BCUT2D eigenvalue weighted by atomic mass is 31.2. The molecule has 4 aromatic rings. The molecular weight excluding hydrogens is 547 g/mol. The molecule has 2 aromatic heterocycles. The van der Waals surface area contributed by atoms with Crippen LogP contribution in [0.4, 0.5) is 0 Å². The van der Waals surface area contributed by atoms with Crippen LogP contribution in [0.15, 0.2) is 59.4 Å². The van der Waals surface area contributed by atoms with E-state index in [1.807, 2.05) is 37.3 Å². The standard InChI is InChI=1S/C30H29N2O8P/c1-3-20-21-14-19(40-41(36,37)39-13-12-18-8-6-5-7-9-18)10-11-25(21)31-27-22(20)16-32-26(27)15-24-23(28(32)33)17-38-29(34)30(24,35)4-2/h5-11,14-15,35H,3-4,12-13,16-17H2,1-2H3,(H,36,37)/t30-/m0/s1. The minimum absolute atomic E-state index is 0.0153. The molecule has 0 radical (unpaired) electrons. The number of carbonyl (C=O) groups is 1. The van der Waals surface area contributed by atoms with E-state index in [2.05, 4.69) is 0 Å². The third-order valence-corrected chi connectivity index (χ3v) is 8.79. The molecule has 0 saturated heterocycles. The van der Waals surface area contributed by atoms with E-state index in [1.54, 1.807) is 35.8 Å². The monoisotopic (exact) mass is 576 g/mol. The Balaban J connectivity index is 1.34. The number of carbonyl (C=O) groups excluding carboxylic acids is 1. The molecule has 0 amide bonds. The summed E-state index contributed by atoms with van der Waals surface area (Å²) in [5, 5.41) is 11.8. The van der Waals surface area contributed by atoms with Crippen molar-refractivity contribution in [1.29, 1.82) is 0 Å². The lowest BCUT2D eigenvalue weighted by Gasteiger charge is -2.31. The zero-order valence-electron chi connectivity index (χ0n) is 22.6. The van der Waals surface area contributed by atoms with Gasteiger partial charge in [0.05, 0.1) is 35.6 Å². The van der Waals surface area contributed by atoms with Gasteiger partial charge in [-0.1, -0.05) is 44.2 Å². The van der Waals surface area contributed by atoms with Crippen molar-refractivity contribution < 1.29 is 33.1 Å². The SMILES string of the molecule is CCc1c2c(nc3ccc(OP(=O)(O)OCCc4ccccc4)cc13)-c1cc3c(c(=O)n1C2)COC(=O)[C@]3(O)CC. The minimum Gasteiger partial charge on any atom is -0.458 e. The Morgan fingerprint density at radius 3 is 2.61 bits per heavy atom. The van der Waals surface area contributed by atoms with Gasteiger partial charge in [0.15, 0.2) is 5.60 Å². The van der Waals surface area contributed by atoms with Gasteiger partial charge in [0.2, 0.25) is 0 Å². The Labute approximate surface area is 235 Å². The topological polar surface area (TPSA) is 137 Å². The van der Waals surface area contributed by atoms with Crippen molar-refractivity contribution in [1.82, 2.24) is 9.55 Å². The highest BCUT2D eigenvalue weighted by Gasteiger charge is 2.45. The second kappa shape index (κ2) is 10.2. The van der Waals surface area contributed by atoms with Crippen molar-refractivity contribution in [2.24, 2.45) is 0 Å². The van der Waals surface area contributed by atoms with Gasteiger partial charge in [0.25, 0.3) is 5.56 Å². The highest BCUT2D eigenvalue weighted by molar-refractivity contribution is 7.47. The van der Waals surface area contributed by atoms with Crippen LogP contribution < -0.4 is 10.1 Å². The van der Waals surface area contributed by atoms with E-state index in [-0.39, 0.29) is 48.6 Å². The quantitative estimate of drug-likeness (QED) is 0.204. The van der Waals surface area contributed by atoms with Gasteiger partial charge < -0.3 is 18.9 Å². The smallest absolute Gasteiger partial charge is 0.458 e. The largest absolute Gasteiger partial charge is 0.527 e. The molecule has 0 fully saturated rings. The summed E-state index contributed by atoms with van der Waals surface area (Å²) in [6, 6.07) is 16.1. The number of rotatable bonds is 8. The number of fused-ring (bicyclic) bond motifs is 5. The van der Waals surface area contributed by atoms with Gasteiger partial charge in [0, 0.05) is 16.5 Å². The van der Waals surface area contributed by atoms with E-state index < -0.39 is 19.4 Å². The molecule has 11 heteroatoms. The summed E-state index contributed by atoms with van der Waals surface area (Å²) in [5.41, 5.74) is 2.72. The van der Waals surface area contributed by atoms with Gasteiger partial charge in [0.1, 0.15) is 12.4 Å². The van der Waals surface area contributed by atoms with Gasteiger partial charge >= 0.3 is 13.8 Å². The number of nitrogens with zero attached hydrogens (tertiary/aromatic N) is 2. The number of aryl methyl sites for hydroxylation is 1. The number of aliphatic hydroxyl groups is 1. The van der Waals surface area contributed by atoms with Crippen molar-refractivity contribution in [3.63, 3.8) is 0 Å². The molecule has 0 bridgehead atoms. The van der Waals surface area contributed by atoms with E-state index in [4.69, 9.17) is 18.8 Å². The number of ether oxygens (including phenoxy) is 1. The molecule has 6 rings (SSSR count). The first-order chi connectivity index (χ1) is 19.6. The average molecular weight is 577 g/mol. The molecule has 0 aliphatic carbocycles. The number of aromatic nitrogens is 2. The first-order valence-corrected chi connectivity index (χ1v) is 15.0. The maximum Gasteiger partial charge on any atom is 0.527 e. The zero-order valence-corrected chi connectivity index (χ0v) is 23.5. The van der Waals surface area contributed by atoms with Crippen molar-refractivity contribution in [2.75, 3.05) is 6.61 Å². The predicted molar refractivity (Wildman–Crippen MR) is 150 cm³/mol. The van der Waals surface area contributed by atoms with Crippen molar-refractivity contribution in [3.05, 3.63) is 92.8 Å². The summed E-state index contributed by atoms with van der Waals surface area (Å²) in [7, 11) is -4.39. The molecule has 2 atom stereocenters. The van der Waals surface area contributed by atoms with Crippen molar-refractivity contribution in [3.8, 4) is 17.1 Å². The number of benzene rings is 2. The summed E-state index contributed by atoms with van der Waals surface area (Å²) in [5.74, 6) is -0.611. The molecule has 2 aliphatic heterocycles. The fourth-order valence-electron chi connectivity index (χ4n) is 5.68. The molecule has 2 aliphatic rings. The van der Waals surface area contributed by atoms with Gasteiger partial charge in [-0.15, -0.1) is 0 Å². The lowest BCUT2D eigenvalue weighted by Crippen LogP contribution is -2.44. The van der Waals surface area contributed by atoms with Crippen LogP contribution in [-0.4, -0.2) is 32.1 Å². The first-order valence-electron chi connectivity index (χ1n) is 13.5. The third-order valence-electron chi connectivity index (χ3n) is 7.84. The number of esters is 1. The molecule has 2 aromatic carbocycles. The Hall–Kier alpha value is -3.82. The summed E-state index contributed by atoms with van der Waals surface area (Å²) < 4.78 is 30.0. The average Bonchev–Trinajstić information content (AvgIpc) is 3.33. The van der Waals surface area contributed by atoms with Crippen LogP contribution in [-0.2, 0) is 50.2 Å². The molecule has 41 heavy (non-hydrogen) atoms. The van der Waals surface area contributed by atoms with Crippen LogP contribution in [0.25, 0.3) is 22.3 Å². The fraction of sp³-hybridized carbons (Fsp3) is 0.300.